The molecule has 0 aliphatic carbocycles. The van der Waals surface area contributed by atoms with E-state index in [1.54, 1.807) is 54.6 Å². The standard InChI is InChI=1S/C32H29ClN2O7S/c1-17(2)10-11-40-22-8-4-18(14-24(22)39-3)28-27(29(36)19-5-9-23-25(15-19)42-13-12-41-23)30(37)31(38)35(28)32-34-21-7-6-20(33)16-26(21)43-32/h4-9,14-17,28,36H,10-13H2,1-3H3. The van der Waals surface area contributed by atoms with Crippen molar-refractivity contribution in [2.24, 2.45) is 5.92 Å². The van der Waals surface area contributed by atoms with Crippen LogP contribution in [-0.2, 0) is 9.59 Å². The lowest BCUT2D eigenvalue weighted by atomic mass is 9.95. The van der Waals surface area contributed by atoms with Gasteiger partial charge in [-0.05, 0) is 66.4 Å². The number of aliphatic hydroxyl groups excluding tert-OH is 1. The zero-order valence-corrected chi connectivity index (χ0v) is 25.3. The van der Waals surface area contributed by atoms with Crippen molar-refractivity contribution < 1.29 is 33.6 Å². The van der Waals surface area contributed by atoms with E-state index in [1.165, 1.54) is 23.3 Å². The zero-order valence-electron chi connectivity index (χ0n) is 23.8. The maximum absolute atomic E-state index is 13.7. The van der Waals surface area contributed by atoms with Crippen molar-refractivity contribution in [3.05, 3.63) is 76.3 Å². The highest BCUT2D eigenvalue weighted by atomic mass is 35.5. The first-order chi connectivity index (χ1) is 20.7. The molecule has 43 heavy (non-hydrogen) atoms. The number of carbonyl (C=O) groups is 2. The van der Waals surface area contributed by atoms with E-state index >= 15 is 0 Å². The number of nitrogens with zero attached hydrogens (tertiary/aromatic N) is 2. The second-order valence-corrected chi connectivity index (χ2v) is 12.0. The van der Waals surface area contributed by atoms with Gasteiger partial charge >= 0.3 is 5.91 Å². The number of rotatable bonds is 8. The van der Waals surface area contributed by atoms with Crippen molar-refractivity contribution in [3.63, 3.8) is 0 Å². The number of fused-ring (bicyclic) bond motifs is 2. The van der Waals surface area contributed by atoms with Crippen LogP contribution in [-0.4, -0.2) is 48.7 Å². The Labute approximate surface area is 257 Å². The van der Waals surface area contributed by atoms with Crippen molar-refractivity contribution in [2.75, 3.05) is 31.8 Å². The van der Waals surface area contributed by atoms with E-state index in [4.69, 9.17) is 30.5 Å². The van der Waals surface area contributed by atoms with Gasteiger partial charge in [0, 0.05) is 10.6 Å². The summed E-state index contributed by atoms with van der Waals surface area (Å²) in [5, 5.41) is 12.4. The molecule has 0 radical (unpaired) electrons. The van der Waals surface area contributed by atoms with Crippen LogP contribution < -0.4 is 23.8 Å². The van der Waals surface area contributed by atoms with Crippen LogP contribution in [0.1, 0.15) is 37.4 Å². The molecule has 1 unspecified atom stereocenters. The third kappa shape index (κ3) is 5.48. The van der Waals surface area contributed by atoms with Crippen molar-refractivity contribution in [1.29, 1.82) is 0 Å². The number of ether oxygens (including phenoxy) is 4. The Kier molecular flexibility index (Phi) is 7.89. The monoisotopic (exact) mass is 620 g/mol. The molecule has 6 rings (SSSR count). The van der Waals surface area contributed by atoms with E-state index in [0.717, 1.165) is 11.1 Å². The molecule has 4 aromatic rings. The maximum Gasteiger partial charge on any atom is 0.301 e. The minimum atomic E-state index is -1.01. The molecule has 2 aliphatic rings. The fourth-order valence-corrected chi connectivity index (χ4v) is 6.33. The summed E-state index contributed by atoms with van der Waals surface area (Å²) in [6.07, 6.45) is 0.863. The molecule has 0 spiro atoms. The summed E-state index contributed by atoms with van der Waals surface area (Å²) in [4.78, 5) is 33.4. The first-order valence-electron chi connectivity index (χ1n) is 13.8. The number of amides is 1. The van der Waals surface area contributed by atoms with Crippen LogP contribution in [0.15, 0.2) is 60.2 Å². The largest absolute Gasteiger partial charge is 0.507 e. The number of hydrogen-bond donors (Lipinski definition) is 1. The van der Waals surface area contributed by atoms with Gasteiger partial charge < -0.3 is 24.1 Å². The number of halogens is 1. The van der Waals surface area contributed by atoms with Gasteiger partial charge in [-0.2, -0.15) is 0 Å². The summed E-state index contributed by atoms with van der Waals surface area (Å²) in [5.41, 5.74) is 1.38. The van der Waals surface area contributed by atoms with Gasteiger partial charge in [0.2, 0.25) is 0 Å². The molecule has 3 heterocycles. The lowest BCUT2D eigenvalue weighted by Crippen LogP contribution is -2.29. The normalized spacial score (nSPS) is 17.6. The van der Waals surface area contributed by atoms with E-state index in [0.29, 0.717) is 75.5 Å². The van der Waals surface area contributed by atoms with Crippen LogP contribution in [0.2, 0.25) is 5.02 Å². The number of hydrogen-bond acceptors (Lipinski definition) is 9. The highest BCUT2D eigenvalue weighted by molar-refractivity contribution is 7.22. The number of ketones is 1. The molecule has 11 heteroatoms. The lowest BCUT2D eigenvalue weighted by molar-refractivity contribution is -0.132. The van der Waals surface area contributed by atoms with Gasteiger partial charge in [0.05, 0.1) is 35.5 Å². The molecule has 3 aromatic carbocycles. The Morgan fingerprint density at radius 1 is 1.07 bits per heavy atom. The minimum Gasteiger partial charge on any atom is -0.507 e. The molecule has 2 aliphatic heterocycles. The Hall–Kier alpha value is -4.28. The van der Waals surface area contributed by atoms with Gasteiger partial charge in [-0.15, -0.1) is 0 Å². The van der Waals surface area contributed by atoms with Crippen molar-refractivity contribution >= 4 is 55.7 Å². The van der Waals surface area contributed by atoms with E-state index < -0.39 is 17.7 Å². The fraction of sp³-hybridized carbons (Fsp3) is 0.281. The first-order valence-corrected chi connectivity index (χ1v) is 15.0. The molecule has 1 fully saturated rings. The van der Waals surface area contributed by atoms with Crippen LogP contribution in [0.4, 0.5) is 5.13 Å². The molecule has 1 aromatic heterocycles. The summed E-state index contributed by atoms with van der Waals surface area (Å²) < 4.78 is 23.7. The second-order valence-electron chi connectivity index (χ2n) is 10.6. The summed E-state index contributed by atoms with van der Waals surface area (Å²) in [6, 6.07) is 14.3. The molecule has 1 N–H and O–H groups in total. The van der Waals surface area contributed by atoms with Gasteiger partial charge in [0.1, 0.15) is 19.0 Å². The Morgan fingerprint density at radius 3 is 2.63 bits per heavy atom. The Balaban J connectivity index is 1.49. The molecule has 9 nitrogen and oxygen atoms in total. The highest BCUT2D eigenvalue weighted by Gasteiger charge is 2.48. The van der Waals surface area contributed by atoms with E-state index in [9.17, 15) is 14.7 Å². The van der Waals surface area contributed by atoms with E-state index in [2.05, 4.69) is 18.8 Å². The van der Waals surface area contributed by atoms with Gasteiger partial charge in [-0.25, -0.2) is 4.98 Å². The number of carbonyl (C=O) groups excluding carboxylic acids is 2. The van der Waals surface area contributed by atoms with Gasteiger partial charge in [-0.1, -0.05) is 42.9 Å². The summed E-state index contributed by atoms with van der Waals surface area (Å²) in [7, 11) is 1.53. The smallest absolute Gasteiger partial charge is 0.301 e. The molecule has 1 amide bonds. The van der Waals surface area contributed by atoms with Crippen LogP contribution in [0.3, 0.4) is 0 Å². The fourth-order valence-electron chi connectivity index (χ4n) is 5.06. The summed E-state index contributed by atoms with van der Waals surface area (Å²) in [5.74, 6) is 0.404. The van der Waals surface area contributed by atoms with Gasteiger partial charge in [0.15, 0.2) is 28.1 Å². The molecular formula is C32H29ClN2O7S. The SMILES string of the molecule is COc1cc(C2C(=C(O)c3ccc4c(c3)OCCO4)C(=O)C(=O)N2c2nc3ccc(Cl)cc3s2)ccc1OCCC(C)C. The summed E-state index contributed by atoms with van der Waals surface area (Å²) in [6.45, 7) is 5.50. The lowest BCUT2D eigenvalue weighted by Gasteiger charge is -2.24. The van der Waals surface area contributed by atoms with Gasteiger partial charge in [-0.3, -0.25) is 14.5 Å². The quantitative estimate of drug-likeness (QED) is 0.130. The highest BCUT2D eigenvalue weighted by Crippen LogP contribution is 2.46. The molecule has 222 valence electrons. The van der Waals surface area contributed by atoms with E-state index in [-0.39, 0.29) is 11.3 Å². The van der Waals surface area contributed by atoms with Crippen LogP contribution >= 0.6 is 22.9 Å². The Bertz CT molecular complexity index is 1770. The number of anilines is 1. The second kappa shape index (κ2) is 11.8. The zero-order chi connectivity index (χ0) is 30.2. The number of methoxy groups -OCH3 is 1. The average molecular weight is 621 g/mol. The Morgan fingerprint density at radius 2 is 1.86 bits per heavy atom. The number of aliphatic hydroxyl groups is 1. The maximum atomic E-state index is 13.7. The van der Waals surface area contributed by atoms with Gasteiger partial charge in [0.25, 0.3) is 5.78 Å². The average Bonchev–Trinajstić information content (AvgIpc) is 3.53. The predicted octanol–water partition coefficient (Wildman–Crippen LogP) is 6.78. The number of thiazole rings is 1. The van der Waals surface area contributed by atoms with Crippen LogP contribution in [0.25, 0.3) is 16.0 Å². The van der Waals surface area contributed by atoms with Crippen molar-refractivity contribution in [2.45, 2.75) is 26.3 Å². The van der Waals surface area contributed by atoms with Crippen molar-refractivity contribution in [1.82, 2.24) is 4.98 Å². The topological polar surface area (TPSA) is 107 Å². The number of Topliss-reactive ketones (excluding diaryl/α,β-unsaturated/α-hetero) is 1. The molecule has 1 saturated heterocycles. The molecule has 0 saturated carbocycles. The van der Waals surface area contributed by atoms with Crippen molar-refractivity contribution in [3.8, 4) is 23.0 Å². The van der Waals surface area contributed by atoms with Crippen LogP contribution in [0, 0.1) is 5.92 Å². The summed E-state index contributed by atoms with van der Waals surface area (Å²) >= 11 is 7.44. The molecule has 0 bridgehead atoms. The number of benzene rings is 3. The first kappa shape index (κ1) is 28.8. The predicted molar refractivity (Wildman–Crippen MR) is 165 cm³/mol. The third-order valence-corrected chi connectivity index (χ3v) is 8.51. The number of aromatic nitrogens is 1. The van der Waals surface area contributed by atoms with E-state index in [1.807, 2.05) is 0 Å². The third-order valence-electron chi connectivity index (χ3n) is 7.26. The molecular weight excluding hydrogens is 592 g/mol. The molecule has 1 atom stereocenters. The minimum absolute atomic E-state index is 0.0884. The van der Waals surface area contributed by atoms with Crippen LogP contribution in [0.5, 0.6) is 23.0 Å².